The number of amides is 1. The Hall–Kier alpha value is -1.14. The average molecular weight is 373 g/mol. The first-order chi connectivity index (χ1) is 10.1. The number of aliphatic hydroxyl groups excluding tert-OH is 1. The molecule has 6 heteroatoms. The van der Waals surface area contributed by atoms with Gasteiger partial charge in [0, 0.05) is 0 Å². The normalized spacial score (nSPS) is 13.1. The van der Waals surface area contributed by atoms with Crippen molar-refractivity contribution in [1.82, 2.24) is 9.88 Å². The Morgan fingerprint density at radius 2 is 2.05 bits per heavy atom. The van der Waals surface area contributed by atoms with Crippen LogP contribution in [0, 0.1) is 5.92 Å². The molecule has 1 rings (SSSR count). The zero-order valence-corrected chi connectivity index (χ0v) is 15.4. The summed E-state index contributed by atoms with van der Waals surface area (Å²) in [6.07, 6.45) is -0.443. The van der Waals surface area contributed by atoms with Gasteiger partial charge in [0.15, 0.2) is 0 Å². The molecule has 0 fully saturated rings. The molecule has 1 aromatic heterocycles. The van der Waals surface area contributed by atoms with Gasteiger partial charge in [0.2, 0.25) is 0 Å². The number of hydrogen-bond acceptors (Lipinski definition) is 4. The largest absolute Gasteiger partial charge is 0.444 e. The number of pyridine rings is 1. The van der Waals surface area contributed by atoms with Crippen LogP contribution in [0.1, 0.15) is 40.3 Å². The highest BCUT2D eigenvalue weighted by Gasteiger charge is 2.30. The van der Waals surface area contributed by atoms with E-state index in [1.165, 1.54) is 0 Å². The first-order valence-electron chi connectivity index (χ1n) is 7.36. The Morgan fingerprint density at radius 1 is 1.41 bits per heavy atom. The molecule has 1 N–H and O–H groups in total. The molecule has 0 saturated carbocycles. The van der Waals surface area contributed by atoms with E-state index in [0.29, 0.717) is 4.60 Å². The maximum absolute atomic E-state index is 12.5. The van der Waals surface area contributed by atoms with Crippen LogP contribution in [0.5, 0.6) is 0 Å². The number of aromatic nitrogens is 1. The summed E-state index contributed by atoms with van der Waals surface area (Å²) in [6, 6.07) is 5.21. The molecule has 1 atom stereocenters. The summed E-state index contributed by atoms with van der Waals surface area (Å²) in [5.74, 6) is 0.102. The minimum Gasteiger partial charge on any atom is -0.444 e. The van der Waals surface area contributed by atoms with E-state index in [-0.39, 0.29) is 25.1 Å². The number of hydrogen-bond donors (Lipinski definition) is 1. The summed E-state index contributed by atoms with van der Waals surface area (Å²) in [6.45, 7) is 9.57. The lowest BCUT2D eigenvalue weighted by atomic mass is 10.0. The zero-order valence-electron chi connectivity index (χ0n) is 13.8. The Kier molecular flexibility index (Phi) is 6.81. The number of aliphatic hydroxyl groups is 1. The van der Waals surface area contributed by atoms with Crippen molar-refractivity contribution < 1.29 is 14.6 Å². The molecule has 0 aromatic carbocycles. The van der Waals surface area contributed by atoms with Crippen molar-refractivity contribution in [2.45, 2.75) is 52.8 Å². The summed E-state index contributed by atoms with van der Waals surface area (Å²) >= 11 is 3.33. The van der Waals surface area contributed by atoms with E-state index in [9.17, 15) is 9.90 Å². The molecular formula is C16H25BrN2O3. The molecule has 1 heterocycles. The van der Waals surface area contributed by atoms with Crippen LogP contribution < -0.4 is 0 Å². The van der Waals surface area contributed by atoms with Crippen molar-refractivity contribution in [3.05, 3.63) is 28.5 Å². The number of nitrogens with zero attached hydrogens (tertiary/aromatic N) is 2. The average Bonchev–Trinajstić information content (AvgIpc) is 2.36. The lowest BCUT2D eigenvalue weighted by Gasteiger charge is -2.34. The molecule has 5 nitrogen and oxygen atoms in total. The van der Waals surface area contributed by atoms with Gasteiger partial charge in [-0.15, -0.1) is 0 Å². The molecule has 0 aliphatic heterocycles. The fourth-order valence-corrected chi connectivity index (χ4v) is 2.40. The van der Waals surface area contributed by atoms with Gasteiger partial charge in [-0.05, 0) is 54.8 Å². The number of carbonyl (C=O) groups is 1. The van der Waals surface area contributed by atoms with Gasteiger partial charge in [-0.25, -0.2) is 9.78 Å². The molecule has 0 saturated heterocycles. The summed E-state index contributed by atoms with van der Waals surface area (Å²) in [5.41, 5.74) is 0.149. The van der Waals surface area contributed by atoms with Gasteiger partial charge in [-0.1, -0.05) is 19.9 Å². The molecular weight excluding hydrogens is 348 g/mol. The summed E-state index contributed by atoms with van der Waals surface area (Å²) in [5, 5.41) is 9.67. The molecule has 1 aromatic rings. The van der Waals surface area contributed by atoms with Crippen LogP contribution in [-0.2, 0) is 11.3 Å². The fourth-order valence-electron chi connectivity index (χ4n) is 2.02. The van der Waals surface area contributed by atoms with E-state index < -0.39 is 11.7 Å². The molecule has 0 aliphatic rings. The molecule has 1 amide bonds. The highest BCUT2D eigenvalue weighted by Crippen LogP contribution is 2.19. The van der Waals surface area contributed by atoms with Crippen LogP contribution in [0.2, 0.25) is 0 Å². The minimum absolute atomic E-state index is 0.102. The predicted molar refractivity (Wildman–Crippen MR) is 89.4 cm³/mol. The van der Waals surface area contributed by atoms with Gasteiger partial charge in [0.05, 0.1) is 24.9 Å². The third-order valence-electron chi connectivity index (χ3n) is 3.09. The van der Waals surface area contributed by atoms with Crippen molar-refractivity contribution >= 4 is 22.0 Å². The Morgan fingerprint density at radius 3 is 2.50 bits per heavy atom. The van der Waals surface area contributed by atoms with Gasteiger partial charge in [-0.2, -0.15) is 0 Å². The predicted octanol–water partition coefficient (Wildman–Crippen LogP) is 3.60. The van der Waals surface area contributed by atoms with Crippen molar-refractivity contribution in [2.75, 3.05) is 6.61 Å². The monoisotopic (exact) mass is 372 g/mol. The standard InChI is InChI=1S/C16H25BrN2O3/c1-11(2)13(10-20)19(15(21)22-16(3,4)5)9-12-7-6-8-14(17)18-12/h6-8,11,13,20H,9-10H2,1-5H3. The molecule has 1 unspecified atom stereocenters. The maximum Gasteiger partial charge on any atom is 0.410 e. The molecule has 0 aliphatic carbocycles. The Balaban J connectivity index is 3.02. The lowest BCUT2D eigenvalue weighted by molar-refractivity contribution is -0.000448. The second-order valence-electron chi connectivity index (χ2n) is 6.55. The van der Waals surface area contributed by atoms with Gasteiger partial charge >= 0.3 is 6.09 Å². The number of halogens is 1. The van der Waals surface area contributed by atoms with Crippen molar-refractivity contribution in [2.24, 2.45) is 5.92 Å². The zero-order chi connectivity index (χ0) is 16.9. The highest BCUT2D eigenvalue weighted by atomic mass is 79.9. The summed E-state index contributed by atoms with van der Waals surface area (Å²) < 4.78 is 6.18. The molecule has 124 valence electrons. The van der Waals surface area contributed by atoms with Gasteiger partial charge in [0.25, 0.3) is 0 Å². The summed E-state index contributed by atoms with van der Waals surface area (Å²) in [4.78, 5) is 18.4. The molecule has 0 radical (unpaired) electrons. The van der Waals surface area contributed by atoms with Crippen LogP contribution in [0.4, 0.5) is 4.79 Å². The van der Waals surface area contributed by atoms with Crippen molar-refractivity contribution in [3.8, 4) is 0 Å². The Bertz CT molecular complexity index is 500. The second-order valence-corrected chi connectivity index (χ2v) is 7.37. The van der Waals surface area contributed by atoms with Crippen molar-refractivity contribution in [1.29, 1.82) is 0 Å². The van der Waals surface area contributed by atoms with E-state index in [0.717, 1.165) is 5.69 Å². The SMILES string of the molecule is CC(C)C(CO)N(Cc1cccc(Br)n1)C(=O)OC(C)(C)C. The van der Waals surface area contributed by atoms with E-state index in [2.05, 4.69) is 20.9 Å². The van der Waals surface area contributed by atoms with Gasteiger partial charge < -0.3 is 9.84 Å². The van der Waals surface area contributed by atoms with Crippen LogP contribution in [-0.4, -0.2) is 39.3 Å². The van der Waals surface area contributed by atoms with E-state index in [1.807, 2.05) is 52.8 Å². The van der Waals surface area contributed by atoms with Gasteiger partial charge in [-0.3, -0.25) is 4.90 Å². The van der Waals surface area contributed by atoms with Crippen molar-refractivity contribution in [3.63, 3.8) is 0 Å². The summed E-state index contributed by atoms with van der Waals surface area (Å²) in [7, 11) is 0. The van der Waals surface area contributed by atoms with E-state index >= 15 is 0 Å². The molecule has 0 spiro atoms. The quantitative estimate of drug-likeness (QED) is 0.802. The number of ether oxygens (including phenoxy) is 1. The molecule has 22 heavy (non-hydrogen) atoms. The number of carbonyl (C=O) groups excluding carboxylic acids is 1. The number of rotatable bonds is 5. The fraction of sp³-hybridized carbons (Fsp3) is 0.625. The first kappa shape index (κ1) is 18.9. The van der Waals surface area contributed by atoms with Gasteiger partial charge in [0.1, 0.15) is 10.2 Å². The van der Waals surface area contributed by atoms with Crippen LogP contribution >= 0.6 is 15.9 Å². The maximum atomic E-state index is 12.5. The van der Waals surface area contributed by atoms with E-state index in [1.54, 1.807) is 4.90 Å². The Labute approximate surface area is 140 Å². The topological polar surface area (TPSA) is 62.7 Å². The first-order valence-corrected chi connectivity index (χ1v) is 8.15. The highest BCUT2D eigenvalue weighted by molar-refractivity contribution is 9.10. The smallest absolute Gasteiger partial charge is 0.410 e. The third-order valence-corrected chi connectivity index (χ3v) is 3.53. The van der Waals surface area contributed by atoms with Crippen LogP contribution in [0.25, 0.3) is 0 Å². The van der Waals surface area contributed by atoms with Crippen LogP contribution in [0.3, 0.4) is 0 Å². The lowest BCUT2D eigenvalue weighted by Crippen LogP contribution is -2.47. The minimum atomic E-state index is -0.586. The van der Waals surface area contributed by atoms with Crippen LogP contribution in [0.15, 0.2) is 22.8 Å². The third kappa shape index (κ3) is 5.93. The molecule has 0 bridgehead atoms. The second kappa shape index (κ2) is 7.92. The van der Waals surface area contributed by atoms with E-state index in [4.69, 9.17) is 4.74 Å².